The van der Waals surface area contributed by atoms with Crippen LogP contribution in [0.25, 0.3) is 0 Å². The van der Waals surface area contributed by atoms with Crippen molar-refractivity contribution in [3.05, 3.63) is 58.5 Å². The van der Waals surface area contributed by atoms with Gasteiger partial charge in [0.1, 0.15) is 0 Å². The van der Waals surface area contributed by atoms with Crippen LogP contribution in [0.15, 0.2) is 63.4 Å². The van der Waals surface area contributed by atoms with Gasteiger partial charge in [-0.25, -0.2) is 4.79 Å². The first-order valence-corrected chi connectivity index (χ1v) is 7.25. The molecule has 1 aromatic carbocycles. The summed E-state index contributed by atoms with van der Waals surface area (Å²) in [6.45, 7) is 0. The van der Waals surface area contributed by atoms with E-state index in [9.17, 15) is 9.59 Å². The second-order valence-corrected chi connectivity index (χ2v) is 5.82. The predicted molar refractivity (Wildman–Crippen MR) is 77.6 cm³/mol. The number of carbonyl (C=O) groups excluding carboxylic acids is 1. The molecule has 0 aliphatic carbocycles. The summed E-state index contributed by atoms with van der Waals surface area (Å²) in [6.07, 6.45) is 0.713. The van der Waals surface area contributed by atoms with Gasteiger partial charge >= 0.3 is 5.97 Å². The Morgan fingerprint density at radius 1 is 1.10 bits per heavy atom. The third kappa shape index (κ3) is 3.72. The lowest BCUT2D eigenvalue weighted by molar-refractivity contribution is -0.135. The largest absolute Gasteiger partial charge is 0.502 e. The quantitative estimate of drug-likeness (QED) is 0.501. The van der Waals surface area contributed by atoms with Crippen LogP contribution in [-0.2, 0) is 4.79 Å². The van der Waals surface area contributed by atoms with Crippen molar-refractivity contribution in [3.63, 3.8) is 0 Å². The van der Waals surface area contributed by atoms with E-state index >= 15 is 0 Å². The van der Waals surface area contributed by atoms with E-state index in [4.69, 9.17) is 10.2 Å². The van der Waals surface area contributed by atoms with Gasteiger partial charge in [-0.2, -0.15) is 0 Å². The summed E-state index contributed by atoms with van der Waals surface area (Å²) in [5, 5.41) is 19.4. The third-order valence-corrected chi connectivity index (χ3v) is 4.36. The van der Waals surface area contributed by atoms with Crippen LogP contribution in [-0.4, -0.2) is 22.0 Å². The van der Waals surface area contributed by atoms with Gasteiger partial charge in [0.05, 0.1) is 4.88 Å². The fraction of sp³-hybridized carbons (Fsp3) is 0. The molecule has 2 N–H and O–H groups in total. The highest BCUT2D eigenvalue weighted by molar-refractivity contribution is 7.99. The zero-order valence-electron chi connectivity index (χ0n) is 10.1. The van der Waals surface area contributed by atoms with E-state index in [-0.39, 0.29) is 0 Å². The van der Waals surface area contributed by atoms with Gasteiger partial charge in [-0.3, -0.25) is 4.79 Å². The minimum Gasteiger partial charge on any atom is -0.502 e. The fourth-order valence-electron chi connectivity index (χ4n) is 1.38. The predicted octanol–water partition coefficient (Wildman–Crippen LogP) is 3.61. The molecule has 4 nitrogen and oxygen atoms in total. The topological polar surface area (TPSA) is 74.6 Å². The maximum Gasteiger partial charge on any atom is 0.371 e. The average Bonchev–Trinajstić information content (AvgIpc) is 2.88. The number of carboxylic acid groups (broad SMARTS) is 1. The molecule has 6 heteroatoms. The van der Waals surface area contributed by atoms with Crippen LogP contribution in [0.5, 0.6) is 0 Å². The number of hydrogen-bond acceptors (Lipinski definition) is 5. The van der Waals surface area contributed by atoms with Crippen molar-refractivity contribution in [2.45, 2.75) is 9.79 Å². The Hall–Kier alpha value is -2.05. The normalized spacial score (nSPS) is 11.3. The minimum atomic E-state index is -1.52. The van der Waals surface area contributed by atoms with Crippen molar-refractivity contribution < 1.29 is 19.8 Å². The number of hydrogen-bond donors (Lipinski definition) is 2. The van der Waals surface area contributed by atoms with Crippen molar-refractivity contribution in [2.75, 3.05) is 0 Å². The third-order valence-electron chi connectivity index (χ3n) is 2.28. The molecule has 20 heavy (non-hydrogen) atoms. The molecule has 0 saturated carbocycles. The minimum absolute atomic E-state index is 0.385. The Morgan fingerprint density at radius 3 is 2.45 bits per heavy atom. The van der Waals surface area contributed by atoms with Gasteiger partial charge in [-0.1, -0.05) is 30.0 Å². The van der Waals surface area contributed by atoms with Gasteiger partial charge in [0.15, 0.2) is 5.78 Å². The van der Waals surface area contributed by atoms with Gasteiger partial charge < -0.3 is 10.2 Å². The number of carbonyl (C=O) groups is 2. The van der Waals surface area contributed by atoms with E-state index in [0.717, 1.165) is 9.79 Å². The molecule has 0 saturated heterocycles. The lowest BCUT2D eigenvalue weighted by Crippen LogP contribution is -2.02. The maximum atomic E-state index is 11.7. The summed E-state index contributed by atoms with van der Waals surface area (Å²) in [7, 11) is 0. The zero-order valence-corrected chi connectivity index (χ0v) is 11.8. The highest BCUT2D eigenvalue weighted by Gasteiger charge is 2.12. The molecule has 0 aliphatic heterocycles. The molecule has 0 fully saturated rings. The molecule has 0 aliphatic rings. The molecule has 0 unspecified atom stereocenters. The maximum absolute atomic E-state index is 11.7. The van der Waals surface area contributed by atoms with Crippen LogP contribution in [0, 0.1) is 0 Å². The summed E-state index contributed by atoms with van der Waals surface area (Å²) in [5.74, 6) is -3.00. The highest BCUT2D eigenvalue weighted by atomic mass is 32.2. The summed E-state index contributed by atoms with van der Waals surface area (Å²) >= 11 is 2.72. The average molecular weight is 306 g/mol. The Kier molecular flexibility index (Phi) is 4.60. The van der Waals surface area contributed by atoms with Crippen LogP contribution in [0.2, 0.25) is 0 Å². The first kappa shape index (κ1) is 14.4. The zero-order chi connectivity index (χ0) is 14.5. The van der Waals surface area contributed by atoms with E-state index in [1.165, 1.54) is 23.1 Å². The van der Waals surface area contributed by atoms with Crippen LogP contribution in [0.3, 0.4) is 0 Å². The van der Waals surface area contributed by atoms with Crippen molar-refractivity contribution in [1.29, 1.82) is 0 Å². The number of allylic oxidation sites excluding steroid dienone is 1. The molecule has 0 radical (unpaired) electrons. The number of benzene rings is 1. The highest BCUT2D eigenvalue weighted by Crippen LogP contribution is 2.31. The monoisotopic (exact) mass is 306 g/mol. The van der Waals surface area contributed by atoms with Gasteiger partial charge in [0.25, 0.3) is 0 Å². The molecule has 0 atom stereocenters. The number of aliphatic hydroxyl groups is 1. The van der Waals surface area contributed by atoms with Gasteiger partial charge in [0, 0.05) is 21.2 Å². The number of rotatable bonds is 5. The fourth-order valence-corrected chi connectivity index (χ4v) is 3.22. The first-order chi connectivity index (χ1) is 9.56. The van der Waals surface area contributed by atoms with Crippen molar-refractivity contribution in [3.8, 4) is 0 Å². The van der Waals surface area contributed by atoms with Crippen molar-refractivity contribution >= 4 is 34.9 Å². The van der Waals surface area contributed by atoms with Crippen LogP contribution in [0.4, 0.5) is 0 Å². The second kappa shape index (κ2) is 6.40. The van der Waals surface area contributed by atoms with E-state index in [2.05, 4.69) is 0 Å². The van der Waals surface area contributed by atoms with E-state index in [1.54, 1.807) is 6.07 Å². The molecule has 0 amide bonds. The Balaban J connectivity index is 2.11. The molecule has 2 aromatic rings. The van der Waals surface area contributed by atoms with Gasteiger partial charge in [0.2, 0.25) is 5.76 Å². The van der Waals surface area contributed by atoms with Gasteiger partial charge in [-0.05, 0) is 18.2 Å². The number of aliphatic carboxylic acids is 1. The van der Waals surface area contributed by atoms with E-state index in [1.807, 2.05) is 35.7 Å². The first-order valence-electron chi connectivity index (χ1n) is 5.56. The number of aliphatic hydroxyl groups excluding tert-OH is 1. The summed E-state index contributed by atoms with van der Waals surface area (Å²) < 4.78 is 0. The smallest absolute Gasteiger partial charge is 0.371 e. The van der Waals surface area contributed by atoms with Crippen molar-refractivity contribution in [1.82, 2.24) is 0 Å². The lowest BCUT2D eigenvalue weighted by Gasteiger charge is -1.96. The summed E-state index contributed by atoms with van der Waals surface area (Å²) in [5.41, 5.74) is 0. The van der Waals surface area contributed by atoms with E-state index in [0.29, 0.717) is 11.0 Å². The summed E-state index contributed by atoms with van der Waals surface area (Å²) in [6, 6.07) is 11.4. The Morgan fingerprint density at radius 2 is 1.80 bits per heavy atom. The Bertz CT molecular complexity index is 659. The SMILES string of the molecule is O=C(O)/C(O)=C/C(=O)c1cc(Sc2ccccc2)cs1. The number of carboxylic acids is 1. The molecule has 102 valence electrons. The molecule has 1 aromatic heterocycles. The number of ketones is 1. The number of thiophene rings is 1. The standard InChI is InChI=1S/C14H10O4S2/c15-11(7-12(16)14(17)18)13-6-10(8-19-13)20-9-4-2-1-3-5-9/h1-8,16H,(H,17,18)/b12-7-. The van der Waals surface area contributed by atoms with E-state index < -0.39 is 17.5 Å². The lowest BCUT2D eigenvalue weighted by atomic mass is 10.3. The van der Waals surface area contributed by atoms with Crippen LogP contribution >= 0.6 is 23.1 Å². The summed E-state index contributed by atoms with van der Waals surface area (Å²) in [4.78, 5) is 24.5. The van der Waals surface area contributed by atoms with Crippen LogP contribution < -0.4 is 0 Å². The molecule has 0 bridgehead atoms. The van der Waals surface area contributed by atoms with Crippen LogP contribution in [0.1, 0.15) is 9.67 Å². The van der Waals surface area contributed by atoms with Gasteiger partial charge in [-0.15, -0.1) is 11.3 Å². The molecule has 0 spiro atoms. The van der Waals surface area contributed by atoms with Crippen molar-refractivity contribution in [2.24, 2.45) is 0 Å². The Labute approximate surface area is 123 Å². The molecule has 1 heterocycles. The second-order valence-electron chi connectivity index (χ2n) is 3.76. The molecular weight excluding hydrogens is 296 g/mol. The molecule has 2 rings (SSSR count). The molecular formula is C14H10O4S2.